The lowest BCUT2D eigenvalue weighted by atomic mass is 10.3. The smallest absolute Gasteiger partial charge is 0.343 e. The van der Waals surface area contributed by atoms with E-state index in [2.05, 4.69) is 14.5 Å². The molecule has 0 saturated heterocycles. The lowest BCUT2D eigenvalue weighted by Gasteiger charge is -2.07. The van der Waals surface area contributed by atoms with Crippen molar-refractivity contribution in [3.63, 3.8) is 0 Å². The second-order valence-electron chi connectivity index (χ2n) is 2.55. The maximum absolute atomic E-state index is 11.9. The van der Waals surface area contributed by atoms with Gasteiger partial charge in [-0.2, -0.15) is 0 Å². The van der Waals surface area contributed by atoms with E-state index in [1.54, 1.807) is 0 Å². The molecule has 82 valence electrons. The zero-order chi connectivity index (χ0) is 11.3. The first-order valence-corrected chi connectivity index (χ1v) is 4.09. The van der Waals surface area contributed by atoms with Crippen LogP contribution in [0.15, 0.2) is 18.3 Å². The molecule has 1 aromatic heterocycles. The van der Waals surface area contributed by atoms with Gasteiger partial charge in [0.15, 0.2) is 6.61 Å². The van der Waals surface area contributed by atoms with Gasteiger partial charge in [-0.05, 0) is 12.1 Å². The fraction of sp³-hybridized carbons (Fsp3) is 0.333. The number of pyridine rings is 1. The molecule has 1 aromatic rings. The highest BCUT2D eigenvalue weighted by Crippen LogP contribution is 2.15. The number of carbonyl (C=O) groups is 1. The van der Waals surface area contributed by atoms with Crippen LogP contribution >= 0.6 is 0 Å². The molecule has 0 saturated carbocycles. The maximum atomic E-state index is 11.9. The fourth-order valence-electron chi connectivity index (χ4n) is 0.913. The molecule has 0 aliphatic carbocycles. The van der Waals surface area contributed by atoms with Crippen LogP contribution in [0.2, 0.25) is 0 Å². The van der Waals surface area contributed by atoms with Gasteiger partial charge in [-0.25, -0.2) is 18.6 Å². The van der Waals surface area contributed by atoms with Crippen molar-refractivity contribution in [3.05, 3.63) is 23.9 Å². The van der Waals surface area contributed by atoms with E-state index in [4.69, 9.17) is 0 Å². The predicted octanol–water partition coefficient (Wildman–Crippen LogP) is 1.51. The molecular formula is C9H9F2NO3. The summed E-state index contributed by atoms with van der Waals surface area (Å²) in [5, 5.41) is 0. The molecule has 4 nitrogen and oxygen atoms in total. The summed E-state index contributed by atoms with van der Waals surface area (Å²) >= 11 is 0. The normalized spacial score (nSPS) is 10.1. The number of halogens is 2. The van der Waals surface area contributed by atoms with E-state index in [1.165, 1.54) is 25.4 Å². The van der Waals surface area contributed by atoms with Crippen molar-refractivity contribution in [1.29, 1.82) is 0 Å². The monoisotopic (exact) mass is 217 g/mol. The lowest BCUT2D eigenvalue weighted by Crippen LogP contribution is -2.12. The lowest BCUT2D eigenvalue weighted by molar-refractivity contribution is 0.0573. The molecule has 6 heteroatoms. The summed E-state index contributed by atoms with van der Waals surface area (Å²) < 4.78 is 32.8. The van der Waals surface area contributed by atoms with Crippen molar-refractivity contribution in [1.82, 2.24) is 4.98 Å². The summed E-state index contributed by atoms with van der Waals surface area (Å²) in [6, 6.07) is 2.88. The second-order valence-corrected chi connectivity index (χ2v) is 2.55. The topological polar surface area (TPSA) is 48.4 Å². The van der Waals surface area contributed by atoms with Gasteiger partial charge >= 0.3 is 5.97 Å². The molecule has 0 radical (unpaired) electrons. The Morgan fingerprint density at radius 3 is 2.93 bits per heavy atom. The zero-order valence-corrected chi connectivity index (χ0v) is 7.94. The van der Waals surface area contributed by atoms with Gasteiger partial charge in [-0.15, -0.1) is 0 Å². The molecule has 1 rings (SSSR count). The van der Waals surface area contributed by atoms with Crippen LogP contribution in [0.1, 0.15) is 10.4 Å². The number of ether oxygens (including phenoxy) is 2. The van der Waals surface area contributed by atoms with Crippen molar-refractivity contribution < 1.29 is 23.0 Å². The molecule has 0 amide bonds. The number of aromatic nitrogens is 1. The largest absolute Gasteiger partial charge is 0.471 e. The van der Waals surface area contributed by atoms with Gasteiger partial charge in [0.2, 0.25) is 5.88 Å². The summed E-state index contributed by atoms with van der Waals surface area (Å²) in [6.07, 6.45) is -1.27. The Kier molecular flexibility index (Phi) is 3.96. The number of hydrogen-bond acceptors (Lipinski definition) is 4. The van der Waals surface area contributed by atoms with E-state index in [9.17, 15) is 13.6 Å². The van der Waals surface area contributed by atoms with Crippen molar-refractivity contribution >= 4 is 5.97 Å². The summed E-state index contributed by atoms with van der Waals surface area (Å²) in [6.45, 7) is -0.805. The number of hydrogen-bond donors (Lipinski definition) is 0. The molecule has 0 fully saturated rings. The number of nitrogens with zero attached hydrogens (tertiary/aromatic N) is 1. The van der Waals surface area contributed by atoms with Crippen LogP contribution in [0.5, 0.6) is 5.88 Å². The summed E-state index contributed by atoms with van der Waals surface area (Å²) in [4.78, 5) is 14.8. The molecule has 0 spiro atoms. The third-order valence-electron chi connectivity index (χ3n) is 1.52. The molecule has 1 heterocycles. The fourth-order valence-corrected chi connectivity index (χ4v) is 0.913. The Morgan fingerprint density at radius 2 is 2.33 bits per heavy atom. The minimum Gasteiger partial charge on any atom is -0.471 e. The number of carbonyl (C=O) groups excluding carboxylic acids is 1. The first kappa shape index (κ1) is 11.4. The van der Waals surface area contributed by atoms with Crippen molar-refractivity contribution in [2.45, 2.75) is 6.43 Å². The van der Waals surface area contributed by atoms with E-state index in [-0.39, 0.29) is 11.4 Å². The Balaban J connectivity index is 2.81. The van der Waals surface area contributed by atoms with Crippen LogP contribution in [-0.4, -0.2) is 31.1 Å². The molecule has 0 aliphatic heterocycles. The van der Waals surface area contributed by atoms with Crippen LogP contribution in [0, 0.1) is 0 Å². The zero-order valence-electron chi connectivity index (χ0n) is 7.94. The van der Waals surface area contributed by atoms with E-state index < -0.39 is 19.0 Å². The van der Waals surface area contributed by atoms with Crippen LogP contribution in [0.25, 0.3) is 0 Å². The van der Waals surface area contributed by atoms with Crippen molar-refractivity contribution in [3.8, 4) is 5.88 Å². The van der Waals surface area contributed by atoms with Gasteiger partial charge in [0.25, 0.3) is 6.43 Å². The Bertz CT molecular complexity index is 344. The first-order valence-electron chi connectivity index (χ1n) is 4.09. The summed E-state index contributed by atoms with van der Waals surface area (Å²) in [5.74, 6) is -0.822. The highest BCUT2D eigenvalue weighted by atomic mass is 19.3. The van der Waals surface area contributed by atoms with Crippen LogP contribution in [0.4, 0.5) is 8.78 Å². The SMILES string of the molecule is COC(=O)c1cccnc1OCC(F)F. The average molecular weight is 217 g/mol. The Labute approximate surface area is 84.8 Å². The van der Waals surface area contributed by atoms with Crippen LogP contribution < -0.4 is 4.74 Å². The number of methoxy groups -OCH3 is 1. The first-order chi connectivity index (χ1) is 7.15. The quantitative estimate of drug-likeness (QED) is 0.717. The summed E-state index contributed by atoms with van der Waals surface area (Å²) in [7, 11) is 1.19. The van der Waals surface area contributed by atoms with Crippen molar-refractivity contribution in [2.75, 3.05) is 13.7 Å². The average Bonchev–Trinajstić information content (AvgIpc) is 2.25. The number of esters is 1. The maximum Gasteiger partial charge on any atom is 0.343 e. The molecule has 0 aliphatic rings. The van der Waals surface area contributed by atoms with Crippen LogP contribution in [0.3, 0.4) is 0 Å². The minimum absolute atomic E-state index is 0.0284. The van der Waals surface area contributed by atoms with Gasteiger partial charge in [0.05, 0.1) is 7.11 Å². The molecule has 0 aromatic carbocycles. The highest BCUT2D eigenvalue weighted by molar-refractivity contribution is 5.91. The molecule has 0 atom stereocenters. The summed E-state index contributed by atoms with van der Waals surface area (Å²) in [5.41, 5.74) is 0.0284. The molecule has 15 heavy (non-hydrogen) atoms. The molecule has 0 N–H and O–H groups in total. The van der Waals surface area contributed by atoms with E-state index in [0.717, 1.165) is 0 Å². The van der Waals surface area contributed by atoms with Gasteiger partial charge in [0, 0.05) is 6.20 Å². The Morgan fingerprint density at radius 1 is 1.60 bits per heavy atom. The van der Waals surface area contributed by atoms with Gasteiger partial charge in [-0.1, -0.05) is 0 Å². The highest BCUT2D eigenvalue weighted by Gasteiger charge is 2.15. The standard InChI is InChI=1S/C9H9F2NO3/c1-14-9(13)6-3-2-4-12-8(6)15-5-7(10)11/h2-4,7H,5H2,1H3. The Hall–Kier alpha value is -1.72. The van der Waals surface area contributed by atoms with Gasteiger partial charge in [0.1, 0.15) is 5.56 Å². The van der Waals surface area contributed by atoms with E-state index in [1.807, 2.05) is 0 Å². The van der Waals surface area contributed by atoms with Gasteiger partial charge < -0.3 is 9.47 Å². The number of alkyl halides is 2. The van der Waals surface area contributed by atoms with Crippen LogP contribution in [-0.2, 0) is 4.74 Å². The van der Waals surface area contributed by atoms with E-state index >= 15 is 0 Å². The van der Waals surface area contributed by atoms with Gasteiger partial charge in [-0.3, -0.25) is 0 Å². The minimum atomic E-state index is -2.61. The predicted molar refractivity (Wildman–Crippen MR) is 47.1 cm³/mol. The number of rotatable bonds is 4. The second kappa shape index (κ2) is 5.23. The molecule has 0 bridgehead atoms. The third kappa shape index (κ3) is 3.16. The van der Waals surface area contributed by atoms with Crippen molar-refractivity contribution in [2.24, 2.45) is 0 Å². The van der Waals surface area contributed by atoms with E-state index in [0.29, 0.717) is 0 Å². The third-order valence-corrected chi connectivity index (χ3v) is 1.52. The molecular weight excluding hydrogens is 208 g/mol. The molecule has 0 unspecified atom stereocenters.